The molecule has 0 spiro atoms. The monoisotopic (exact) mass is 272 g/mol. The van der Waals surface area contributed by atoms with E-state index in [1.165, 1.54) is 6.26 Å². The molecular formula is C12H20N2O3S. The summed E-state index contributed by atoms with van der Waals surface area (Å²) in [6.07, 6.45) is 2.08. The van der Waals surface area contributed by atoms with E-state index < -0.39 is 15.9 Å². The van der Waals surface area contributed by atoms with Gasteiger partial charge in [0, 0.05) is 11.8 Å². The van der Waals surface area contributed by atoms with E-state index in [9.17, 15) is 8.42 Å². The molecule has 0 aromatic heterocycles. The molecule has 1 aromatic carbocycles. The van der Waals surface area contributed by atoms with E-state index in [2.05, 4.69) is 5.43 Å². The highest BCUT2D eigenvalue weighted by molar-refractivity contribution is 7.90. The lowest BCUT2D eigenvalue weighted by molar-refractivity contribution is 0.311. The summed E-state index contributed by atoms with van der Waals surface area (Å²) in [5.41, 5.74) is 3.30. The van der Waals surface area contributed by atoms with E-state index in [-0.39, 0.29) is 5.75 Å². The van der Waals surface area contributed by atoms with Crippen molar-refractivity contribution in [1.82, 2.24) is 5.43 Å². The third kappa shape index (κ3) is 4.64. The van der Waals surface area contributed by atoms with Gasteiger partial charge < -0.3 is 4.74 Å². The van der Waals surface area contributed by atoms with Crippen molar-refractivity contribution in [1.29, 1.82) is 0 Å². The fourth-order valence-corrected chi connectivity index (χ4v) is 2.52. The Balaban J connectivity index is 2.97. The van der Waals surface area contributed by atoms with Gasteiger partial charge in [0.2, 0.25) is 0 Å². The van der Waals surface area contributed by atoms with Gasteiger partial charge in [-0.2, -0.15) is 0 Å². The van der Waals surface area contributed by atoms with Gasteiger partial charge in [0.1, 0.15) is 15.6 Å². The molecule has 0 aliphatic heterocycles. The second-order valence-electron chi connectivity index (χ2n) is 4.20. The number of benzene rings is 1. The number of nitrogens with one attached hydrogen (secondary N) is 1. The first kappa shape index (κ1) is 14.9. The maximum absolute atomic E-state index is 11.4. The SMILES string of the molecule is CCCOc1ccccc1C(CS(C)(=O)=O)NN. The van der Waals surface area contributed by atoms with Crippen molar-refractivity contribution in [2.45, 2.75) is 19.4 Å². The predicted molar refractivity (Wildman–Crippen MR) is 72.0 cm³/mol. The summed E-state index contributed by atoms with van der Waals surface area (Å²) in [6, 6.07) is 6.86. The van der Waals surface area contributed by atoms with Gasteiger partial charge in [-0.1, -0.05) is 25.1 Å². The highest BCUT2D eigenvalue weighted by Gasteiger charge is 2.19. The summed E-state index contributed by atoms with van der Waals surface area (Å²) in [5.74, 6) is 6.05. The molecule has 0 saturated carbocycles. The molecule has 6 heteroatoms. The number of para-hydroxylation sites is 1. The Labute approximate surface area is 108 Å². The normalized spacial score (nSPS) is 13.3. The Morgan fingerprint density at radius 3 is 2.61 bits per heavy atom. The van der Waals surface area contributed by atoms with E-state index in [1.54, 1.807) is 0 Å². The van der Waals surface area contributed by atoms with E-state index in [4.69, 9.17) is 10.6 Å². The summed E-state index contributed by atoms with van der Waals surface area (Å²) in [5, 5.41) is 0. The maximum Gasteiger partial charge on any atom is 0.149 e. The van der Waals surface area contributed by atoms with E-state index in [0.29, 0.717) is 12.4 Å². The molecule has 0 aliphatic carbocycles. The summed E-state index contributed by atoms with van der Waals surface area (Å²) in [6.45, 7) is 2.60. The zero-order valence-corrected chi connectivity index (χ0v) is 11.5. The van der Waals surface area contributed by atoms with Crippen LogP contribution in [0.4, 0.5) is 0 Å². The lowest BCUT2D eigenvalue weighted by Crippen LogP contribution is -2.33. The number of hydrogen-bond donors (Lipinski definition) is 2. The molecule has 0 amide bonds. The zero-order valence-electron chi connectivity index (χ0n) is 10.7. The molecule has 3 N–H and O–H groups in total. The van der Waals surface area contributed by atoms with Gasteiger partial charge in [0.05, 0.1) is 18.4 Å². The van der Waals surface area contributed by atoms with Crippen molar-refractivity contribution in [3.63, 3.8) is 0 Å². The minimum atomic E-state index is -3.12. The van der Waals surface area contributed by atoms with Gasteiger partial charge in [0.25, 0.3) is 0 Å². The summed E-state index contributed by atoms with van der Waals surface area (Å²) in [7, 11) is -3.12. The molecule has 5 nitrogen and oxygen atoms in total. The topological polar surface area (TPSA) is 81.4 Å². The van der Waals surface area contributed by atoms with Crippen LogP contribution < -0.4 is 16.0 Å². The van der Waals surface area contributed by atoms with Crippen molar-refractivity contribution in [3.8, 4) is 5.75 Å². The second kappa shape index (κ2) is 6.72. The highest BCUT2D eigenvalue weighted by Crippen LogP contribution is 2.25. The fraction of sp³-hybridized carbons (Fsp3) is 0.500. The molecule has 0 saturated heterocycles. The second-order valence-corrected chi connectivity index (χ2v) is 6.38. The summed E-state index contributed by atoms with van der Waals surface area (Å²) in [4.78, 5) is 0. The van der Waals surface area contributed by atoms with Crippen molar-refractivity contribution in [3.05, 3.63) is 29.8 Å². The molecular weight excluding hydrogens is 252 g/mol. The lowest BCUT2D eigenvalue weighted by atomic mass is 10.1. The Hall–Kier alpha value is -1.11. The number of rotatable bonds is 7. The van der Waals surface area contributed by atoms with E-state index in [1.807, 2.05) is 31.2 Å². The van der Waals surface area contributed by atoms with Gasteiger partial charge in [-0.25, -0.2) is 8.42 Å². The van der Waals surface area contributed by atoms with Gasteiger partial charge >= 0.3 is 0 Å². The molecule has 0 heterocycles. The maximum atomic E-state index is 11.4. The molecule has 0 aliphatic rings. The van der Waals surface area contributed by atoms with Crippen molar-refractivity contribution in [2.75, 3.05) is 18.6 Å². The molecule has 0 radical (unpaired) electrons. The number of sulfone groups is 1. The van der Waals surface area contributed by atoms with Crippen LogP contribution in [-0.4, -0.2) is 27.0 Å². The van der Waals surface area contributed by atoms with Crippen LogP contribution in [0.25, 0.3) is 0 Å². The van der Waals surface area contributed by atoms with Crippen LogP contribution in [0, 0.1) is 0 Å². The average Bonchev–Trinajstić information content (AvgIpc) is 2.33. The quantitative estimate of drug-likeness (QED) is 0.572. The third-order valence-corrected chi connectivity index (χ3v) is 3.37. The van der Waals surface area contributed by atoms with Crippen LogP contribution in [0.2, 0.25) is 0 Å². The Morgan fingerprint density at radius 1 is 1.39 bits per heavy atom. The van der Waals surface area contributed by atoms with Gasteiger partial charge in [0.15, 0.2) is 0 Å². The fourth-order valence-electron chi connectivity index (χ4n) is 1.64. The van der Waals surface area contributed by atoms with Crippen LogP contribution in [0.1, 0.15) is 24.9 Å². The van der Waals surface area contributed by atoms with E-state index in [0.717, 1.165) is 12.0 Å². The van der Waals surface area contributed by atoms with Crippen LogP contribution >= 0.6 is 0 Å². The van der Waals surface area contributed by atoms with Gasteiger partial charge in [-0.05, 0) is 12.5 Å². The Kier molecular flexibility index (Phi) is 5.58. The first-order chi connectivity index (χ1) is 8.48. The summed E-state index contributed by atoms with van der Waals surface area (Å²) >= 11 is 0. The molecule has 18 heavy (non-hydrogen) atoms. The highest BCUT2D eigenvalue weighted by atomic mass is 32.2. The number of hydrazine groups is 1. The standard InChI is InChI=1S/C12H20N2O3S/c1-3-8-17-12-7-5-4-6-10(12)11(14-13)9-18(2,15)16/h4-7,11,14H,3,8-9,13H2,1-2H3. The minimum Gasteiger partial charge on any atom is -0.493 e. The molecule has 0 fully saturated rings. The predicted octanol–water partition coefficient (Wildman–Crippen LogP) is 1.02. The number of hydrogen-bond acceptors (Lipinski definition) is 5. The van der Waals surface area contributed by atoms with Crippen LogP contribution in [-0.2, 0) is 9.84 Å². The molecule has 102 valence electrons. The third-order valence-electron chi connectivity index (χ3n) is 2.43. The van der Waals surface area contributed by atoms with Crippen molar-refractivity contribution < 1.29 is 13.2 Å². The van der Waals surface area contributed by atoms with Crippen LogP contribution in [0.5, 0.6) is 5.75 Å². The average molecular weight is 272 g/mol. The molecule has 1 atom stereocenters. The van der Waals surface area contributed by atoms with Gasteiger partial charge in [-0.3, -0.25) is 11.3 Å². The van der Waals surface area contributed by atoms with Gasteiger partial charge in [-0.15, -0.1) is 0 Å². The molecule has 1 unspecified atom stereocenters. The Morgan fingerprint density at radius 2 is 2.06 bits per heavy atom. The molecule has 1 aromatic rings. The Bertz CT molecular complexity index is 474. The van der Waals surface area contributed by atoms with Crippen molar-refractivity contribution >= 4 is 9.84 Å². The molecule has 1 rings (SSSR count). The molecule has 0 bridgehead atoms. The van der Waals surface area contributed by atoms with Crippen LogP contribution in [0.15, 0.2) is 24.3 Å². The number of nitrogens with two attached hydrogens (primary N) is 1. The minimum absolute atomic E-state index is 0.0595. The lowest BCUT2D eigenvalue weighted by Gasteiger charge is -2.19. The zero-order chi connectivity index (χ0) is 13.6. The first-order valence-corrected chi connectivity index (χ1v) is 7.89. The largest absolute Gasteiger partial charge is 0.493 e. The first-order valence-electron chi connectivity index (χ1n) is 5.83. The van der Waals surface area contributed by atoms with E-state index >= 15 is 0 Å². The van der Waals surface area contributed by atoms with Crippen LogP contribution in [0.3, 0.4) is 0 Å². The summed E-state index contributed by atoms with van der Waals surface area (Å²) < 4.78 is 28.3. The number of ether oxygens (including phenoxy) is 1. The van der Waals surface area contributed by atoms with Crippen molar-refractivity contribution in [2.24, 2.45) is 5.84 Å². The smallest absolute Gasteiger partial charge is 0.149 e.